The van der Waals surface area contributed by atoms with Crippen LogP contribution in [0.15, 0.2) is 18.2 Å². The third-order valence-corrected chi connectivity index (χ3v) is 4.40. The van der Waals surface area contributed by atoms with Crippen LogP contribution in [0.1, 0.15) is 31.4 Å². The smallest absolute Gasteiger partial charge is 0.123 e. The fraction of sp³-hybridized carbons (Fsp3) is 0.625. The van der Waals surface area contributed by atoms with Crippen LogP contribution in [0.4, 0.5) is 4.39 Å². The molecule has 0 spiro atoms. The van der Waals surface area contributed by atoms with E-state index in [1.165, 1.54) is 5.56 Å². The van der Waals surface area contributed by atoms with Crippen molar-refractivity contribution in [3.63, 3.8) is 0 Å². The first-order chi connectivity index (χ1) is 9.07. The van der Waals surface area contributed by atoms with Crippen LogP contribution in [0.2, 0.25) is 0 Å². The second kappa shape index (κ2) is 6.02. The van der Waals surface area contributed by atoms with Crippen molar-refractivity contribution in [1.29, 1.82) is 0 Å². The van der Waals surface area contributed by atoms with Gasteiger partial charge in [0.05, 0.1) is 6.10 Å². The van der Waals surface area contributed by atoms with Crippen molar-refractivity contribution in [3.05, 3.63) is 35.1 Å². The molecule has 2 unspecified atom stereocenters. The van der Waals surface area contributed by atoms with Crippen LogP contribution in [-0.4, -0.2) is 25.8 Å². The number of ether oxygens (including phenoxy) is 1. The summed E-state index contributed by atoms with van der Waals surface area (Å²) in [7, 11) is 0. The van der Waals surface area contributed by atoms with Gasteiger partial charge in [-0.1, -0.05) is 13.0 Å². The molecule has 0 aromatic heterocycles. The predicted octanol–water partition coefficient (Wildman–Crippen LogP) is 3.08. The summed E-state index contributed by atoms with van der Waals surface area (Å²) in [5.41, 5.74) is 2.41. The highest BCUT2D eigenvalue weighted by Crippen LogP contribution is 2.38. The summed E-state index contributed by atoms with van der Waals surface area (Å²) in [5, 5.41) is 3.46. The van der Waals surface area contributed by atoms with Gasteiger partial charge in [-0.2, -0.15) is 0 Å². The highest BCUT2D eigenvalue weighted by Gasteiger charge is 2.41. The van der Waals surface area contributed by atoms with Gasteiger partial charge >= 0.3 is 0 Å². The lowest BCUT2D eigenvalue weighted by atomic mass is 9.75. The first-order valence-electron chi connectivity index (χ1n) is 7.15. The Labute approximate surface area is 115 Å². The Kier molecular flexibility index (Phi) is 4.58. The van der Waals surface area contributed by atoms with Crippen LogP contribution in [0.3, 0.4) is 0 Å². The largest absolute Gasteiger partial charge is 0.378 e. The van der Waals surface area contributed by atoms with E-state index in [0.29, 0.717) is 0 Å². The molecule has 0 aliphatic carbocycles. The summed E-state index contributed by atoms with van der Waals surface area (Å²) in [5.74, 6) is -0.155. The minimum atomic E-state index is -0.155. The Hall–Kier alpha value is -0.930. The number of hydrogen-bond acceptors (Lipinski definition) is 2. The van der Waals surface area contributed by atoms with E-state index in [1.54, 1.807) is 12.1 Å². The van der Waals surface area contributed by atoms with Crippen LogP contribution in [0, 0.1) is 18.2 Å². The van der Waals surface area contributed by atoms with Crippen LogP contribution >= 0.6 is 0 Å². The van der Waals surface area contributed by atoms with E-state index in [2.05, 4.69) is 19.2 Å². The van der Waals surface area contributed by atoms with Gasteiger partial charge in [-0.25, -0.2) is 4.39 Å². The highest BCUT2D eigenvalue weighted by molar-refractivity contribution is 5.28. The fourth-order valence-electron chi connectivity index (χ4n) is 2.96. The maximum Gasteiger partial charge on any atom is 0.123 e. The molecule has 1 aromatic carbocycles. The standard InChI is InChI=1S/C16H24FNO/c1-4-18-11-16(7-8-19-13(16)3)10-14-5-6-15(17)9-12(14)2/h5-6,9,13,18H,4,7-8,10-11H2,1-3H3. The van der Waals surface area contributed by atoms with E-state index in [0.717, 1.165) is 38.1 Å². The minimum Gasteiger partial charge on any atom is -0.378 e. The number of rotatable bonds is 5. The van der Waals surface area contributed by atoms with Gasteiger partial charge in [0.15, 0.2) is 0 Å². The molecule has 0 saturated carbocycles. The van der Waals surface area contributed by atoms with Crippen LogP contribution < -0.4 is 5.32 Å². The van der Waals surface area contributed by atoms with Crippen LogP contribution in [0.5, 0.6) is 0 Å². The molecule has 1 aromatic rings. The van der Waals surface area contributed by atoms with Gasteiger partial charge in [0.2, 0.25) is 0 Å². The lowest BCUT2D eigenvalue weighted by Gasteiger charge is -2.33. The number of benzene rings is 1. The van der Waals surface area contributed by atoms with Crippen molar-refractivity contribution in [2.24, 2.45) is 5.41 Å². The van der Waals surface area contributed by atoms with E-state index in [9.17, 15) is 4.39 Å². The first kappa shape index (κ1) is 14.5. The Morgan fingerprint density at radius 2 is 2.26 bits per heavy atom. The number of halogens is 1. The molecule has 106 valence electrons. The molecular weight excluding hydrogens is 241 g/mol. The molecule has 19 heavy (non-hydrogen) atoms. The minimum absolute atomic E-state index is 0.137. The van der Waals surface area contributed by atoms with Gasteiger partial charge < -0.3 is 10.1 Å². The number of hydrogen-bond donors (Lipinski definition) is 1. The van der Waals surface area contributed by atoms with E-state index < -0.39 is 0 Å². The van der Waals surface area contributed by atoms with Crippen LogP contribution in [0.25, 0.3) is 0 Å². The molecule has 2 rings (SSSR count). The molecule has 1 aliphatic heterocycles. The average Bonchev–Trinajstić information content (AvgIpc) is 2.72. The number of aryl methyl sites for hydroxylation is 1. The molecule has 0 bridgehead atoms. The summed E-state index contributed by atoms with van der Waals surface area (Å²) >= 11 is 0. The van der Waals surface area contributed by atoms with Crippen molar-refractivity contribution < 1.29 is 9.13 Å². The van der Waals surface area contributed by atoms with E-state index >= 15 is 0 Å². The Morgan fingerprint density at radius 1 is 1.47 bits per heavy atom. The molecule has 3 heteroatoms. The van der Waals surface area contributed by atoms with Gasteiger partial charge in [-0.05, 0) is 56.5 Å². The van der Waals surface area contributed by atoms with Crippen molar-refractivity contribution in [2.75, 3.05) is 19.7 Å². The maximum absolute atomic E-state index is 13.2. The fourth-order valence-corrected chi connectivity index (χ4v) is 2.96. The third kappa shape index (κ3) is 3.15. The quantitative estimate of drug-likeness (QED) is 0.883. The lowest BCUT2D eigenvalue weighted by molar-refractivity contribution is 0.0632. The highest BCUT2D eigenvalue weighted by atomic mass is 19.1. The zero-order valence-corrected chi connectivity index (χ0v) is 12.1. The maximum atomic E-state index is 13.2. The summed E-state index contributed by atoms with van der Waals surface area (Å²) in [6, 6.07) is 5.10. The molecule has 2 nitrogen and oxygen atoms in total. The predicted molar refractivity (Wildman–Crippen MR) is 75.8 cm³/mol. The van der Waals surface area contributed by atoms with Crippen LogP contribution in [-0.2, 0) is 11.2 Å². The molecule has 1 heterocycles. The molecule has 1 saturated heterocycles. The lowest BCUT2D eigenvalue weighted by Crippen LogP contribution is -2.41. The summed E-state index contributed by atoms with van der Waals surface area (Å²) in [6.45, 7) is 9.02. The van der Waals surface area contributed by atoms with Gasteiger partial charge in [-0.3, -0.25) is 0 Å². The van der Waals surface area contributed by atoms with E-state index in [4.69, 9.17) is 4.74 Å². The second-order valence-corrected chi connectivity index (χ2v) is 5.65. The topological polar surface area (TPSA) is 21.3 Å². The van der Waals surface area contributed by atoms with Gasteiger partial charge in [0.25, 0.3) is 0 Å². The normalized spacial score (nSPS) is 26.8. The van der Waals surface area contributed by atoms with Crippen molar-refractivity contribution in [1.82, 2.24) is 5.32 Å². The van der Waals surface area contributed by atoms with Gasteiger partial charge in [-0.15, -0.1) is 0 Å². The molecular formula is C16H24FNO. The van der Waals surface area contributed by atoms with E-state index in [1.807, 2.05) is 13.0 Å². The third-order valence-electron chi connectivity index (χ3n) is 4.40. The molecule has 1 N–H and O–H groups in total. The summed E-state index contributed by atoms with van der Waals surface area (Å²) in [4.78, 5) is 0. The van der Waals surface area contributed by atoms with Crippen molar-refractivity contribution in [3.8, 4) is 0 Å². The SMILES string of the molecule is CCNCC1(Cc2ccc(F)cc2C)CCOC1C. The monoisotopic (exact) mass is 265 g/mol. The van der Waals surface area contributed by atoms with Crippen molar-refractivity contribution in [2.45, 2.75) is 39.7 Å². The summed E-state index contributed by atoms with van der Waals surface area (Å²) < 4.78 is 19.0. The van der Waals surface area contributed by atoms with Crippen molar-refractivity contribution >= 4 is 0 Å². The molecule has 0 radical (unpaired) electrons. The number of nitrogens with one attached hydrogen (secondary N) is 1. The Balaban J connectivity index is 2.20. The molecule has 0 amide bonds. The van der Waals surface area contributed by atoms with Gasteiger partial charge in [0, 0.05) is 18.6 Å². The first-order valence-corrected chi connectivity index (χ1v) is 7.15. The Morgan fingerprint density at radius 3 is 2.84 bits per heavy atom. The second-order valence-electron chi connectivity index (χ2n) is 5.65. The Bertz CT molecular complexity index is 435. The zero-order valence-electron chi connectivity index (χ0n) is 12.1. The zero-order chi connectivity index (χ0) is 13.9. The van der Waals surface area contributed by atoms with Gasteiger partial charge in [0.1, 0.15) is 5.82 Å². The molecule has 2 atom stereocenters. The average molecular weight is 265 g/mol. The summed E-state index contributed by atoms with van der Waals surface area (Å²) in [6.07, 6.45) is 2.27. The van der Waals surface area contributed by atoms with E-state index in [-0.39, 0.29) is 17.3 Å². The molecule has 1 fully saturated rings. The molecule has 1 aliphatic rings.